The van der Waals surface area contributed by atoms with Crippen LogP contribution in [0.15, 0.2) is 9.85 Å². The number of nitrogens with zero attached hydrogens (tertiary/aromatic N) is 3. The molecule has 2 aromatic rings. The Hall–Kier alpha value is -0.230. The average molecular weight is 367 g/mol. The number of rotatable bonds is 1. The lowest BCUT2D eigenvalue weighted by atomic mass is 9.98. The largest absolute Gasteiger partial charge is 0.237 e. The maximum Gasteiger partial charge on any atom is 0.181 e. The lowest BCUT2D eigenvalue weighted by Gasteiger charge is -2.13. The molecule has 0 unspecified atom stereocenters. The topological polar surface area (TPSA) is 38.7 Å². The molecule has 0 spiro atoms. The Kier molecular flexibility index (Phi) is 3.97. The number of thiazole rings is 1. The molecule has 0 amide bonds. The van der Waals surface area contributed by atoms with Crippen LogP contribution in [0.3, 0.4) is 0 Å². The molecule has 0 N–H and O–H groups in total. The first-order valence-corrected chi connectivity index (χ1v) is 7.57. The molecule has 0 aromatic carbocycles. The van der Waals surface area contributed by atoms with Gasteiger partial charge in [0.2, 0.25) is 0 Å². The standard InChI is InChI=1S/C11H10BrCl2N3S/c1-11(2,3)10-15-5(4-18-10)9-16-7(13)6(12)8(14)17-9/h4H,1-3H3. The van der Waals surface area contributed by atoms with E-state index >= 15 is 0 Å². The monoisotopic (exact) mass is 365 g/mol. The van der Waals surface area contributed by atoms with Crippen molar-refractivity contribution in [3.63, 3.8) is 0 Å². The molecule has 18 heavy (non-hydrogen) atoms. The van der Waals surface area contributed by atoms with Crippen LogP contribution in [0, 0.1) is 0 Å². The summed E-state index contributed by atoms with van der Waals surface area (Å²) >= 11 is 16.7. The van der Waals surface area contributed by atoms with E-state index in [1.807, 2.05) is 5.38 Å². The zero-order valence-electron chi connectivity index (χ0n) is 9.96. The summed E-state index contributed by atoms with van der Waals surface area (Å²) < 4.78 is 0.501. The molecular formula is C11H10BrCl2N3S. The van der Waals surface area contributed by atoms with Gasteiger partial charge in [0.15, 0.2) is 5.82 Å². The molecule has 0 saturated heterocycles. The molecule has 0 atom stereocenters. The van der Waals surface area contributed by atoms with Crippen LogP contribution in [-0.2, 0) is 5.41 Å². The Bertz CT molecular complexity index is 569. The van der Waals surface area contributed by atoms with Crippen LogP contribution in [0.1, 0.15) is 25.8 Å². The van der Waals surface area contributed by atoms with Crippen LogP contribution in [0.2, 0.25) is 10.3 Å². The first-order valence-electron chi connectivity index (χ1n) is 5.14. The maximum atomic E-state index is 5.96. The van der Waals surface area contributed by atoms with E-state index in [4.69, 9.17) is 23.2 Å². The van der Waals surface area contributed by atoms with Crippen LogP contribution in [0.4, 0.5) is 0 Å². The van der Waals surface area contributed by atoms with Gasteiger partial charge in [0.1, 0.15) is 16.0 Å². The number of hydrogen-bond acceptors (Lipinski definition) is 4. The van der Waals surface area contributed by atoms with Crippen LogP contribution in [0.25, 0.3) is 11.5 Å². The van der Waals surface area contributed by atoms with E-state index in [2.05, 4.69) is 51.7 Å². The molecule has 2 aromatic heterocycles. The fourth-order valence-corrected chi connectivity index (χ4v) is 2.68. The van der Waals surface area contributed by atoms with Gasteiger partial charge in [-0.2, -0.15) is 0 Å². The molecule has 0 aliphatic carbocycles. The molecule has 0 aliphatic rings. The van der Waals surface area contributed by atoms with E-state index < -0.39 is 0 Å². The molecule has 0 fully saturated rings. The van der Waals surface area contributed by atoms with Gasteiger partial charge in [0, 0.05) is 10.8 Å². The average Bonchev–Trinajstić information content (AvgIpc) is 2.73. The van der Waals surface area contributed by atoms with Crippen molar-refractivity contribution >= 4 is 50.5 Å². The second kappa shape index (κ2) is 5.04. The van der Waals surface area contributed by atoms with Gasteiger partial charge in [-0.25, -0.2) is 15.0 Å². The van der Waals surface area contributed by atoms with E-state index in [0.717, 1.165) is 5.01 Å². The molecule has 3 nitrogen and oxygen atoms in total. The summed E-state index contributed by atoms with van der Waals surface area (Å²) in [5.74, 6) is 0.444. The van der Waals surface area contributed by atoms with E-state index in [1.54, 1.807) is 11.3 Å². The third kappa shape index (κ3) is 2.85. The Balaban J connectivity index is 2.47. The summed E-state index contributed by atoms with van der Waals surface area (Å²) in [6.45, 7) is 6.33. The van der Waals surface area contributed by atoms with Gasteiger partial charge in [-0.1, -0.05) is 44.0 Å². The molecule has 0 saturated carbocycles. The second-order valence-corrected chi connectivity index (χ2v) is 7.10. The lowest BCUT2D eigenvalue weighted by Crippen LogP contribution is -2.10. The fourth-order valence-electron chi connectivity index (χ4n) is 1.23. The van der Waals surface area contributed by atoms with Crippen LogP contribution < -0.4 is 0 Å². The van der Waals surface area contributed by atoms with E-state index in [-0.39, 0.29) is 15.7 Å². The SMILES string of the molecule is CC(C)(C)c1nc(-c2nc(Cl)c(Br)c(Cl)n2)cs1. The number of hydrogen-bond donors (Lipinski definition) is 0. The molecule has 2 rings (SSSR count). The summed E-state index contributed by atoms with van der Waals surface area (Å²) in [5.41, 5.74) is 0.701. The van der Waals surface area contributed by atoms with Gasteiger partial charge in [-0.3, -0.25) is 0 Å². The van der Waals surface area contributed by atoms with E-state index in [1.165, 1.54) is 0 Å². The highest BCUT2D eigenvalue weighted by atomic mass is 79.9. The van der Waals surface area contributed by atoms with Crippen molar-refractivity contribution in [1.29, 1.82) is 0 Å². The molecule has 2 heterocycles. The van der Waals surface area contributed by atoms with Crippen LogP contribution in [-0.4, -0.2) is 15.0 Å². The molecule has 96 valence electrons. The summed E-state index contributed by atoms with van der Waals surface area (Å²) in [6.07, 6.45) is 0. The molecular weight excluding hydrogens is 357 g/mol. The van der Waals surface area contributed by atoms with Crippen LogP contribution in [0.5, 0.6) is 0 Å². The first kappa shape index (κ1) is 14.2. The Morgan fingerprint density at radius 3 is 2.11 bits per heavy atom. The highest BCUT2D eigenvalue weighted by Crippen LogP contribution is 2.32. The van der Waals surface area contributed by atoms with E-state index in [0.29, 0.717) is 16.0 Å². The smallest absolute Gasteiger partial charge is 0.181 e. The van der Waals surface area contributed by atoms with Gasteiger partial charge in [-0.15, -0.1) is 11.3 Å². The predicted molar refractivity (Wildman–Crippen MR) is 79.6 cm³/mol. The van der Waals surface area contributed by atoms with Gasteiger partial charge in [0.25, 0.3) is 0 Å². The Labute approximate surface area is 128 Å². The Morgan fingerprint density at radius 1 is 1.11 bits per heavy atom. The minimum Gasteiger partial charge on any atom is -0.237 e. The Morgan fingerprint density at radius 2 is 1.67 bits per heavy atom. The molecule has 0 radical (unpaired) electrons. The van der Waals surface area contributed by atoms with Crippen molar-refractivity contribution in [1.82, 2.24) is 15.0 Å². The van der Waals surface area contributed by atoms with Gasteiger partial charge in [0.05, 0.1) is 9.48 Å². The third-order valence-electron chi connectivity index (χ3n) is 2.15. The zero-order valence-corrected chi connectivity index (χ0v) is 13.9. The minimum absolute atomic E-state index is 0.00582. The van der Waals surface area contributed by atoms with Gasteiger partial charge < -0.3 is 0 Å². The fraction of sp³-hybridized carbons (Fsp3) is 0.364. The summed E-state index contributed by atoms with van der Waals surface area (Å²) in [5, 5.41) is 3.51. The van der Waals surface area contributed by atoms with Crippen molar-refractivity contribution in [3.8, 4) is 11.5 Å². The third-order valence-corrected chi connectivity index (χ3v) is 5.17. The highest BCUT2D eigenvalue weighted by molar-refractivity contribution is 9.10. The van der Waals surface area contributed by atoms with E-state index in [9.17, 15) is 0 Å². The summed E-state index contributed by atoms with van der Waals surface area (Å²) in [6, 6.07) is 0. The zero-order chi connectivity index (χ0) is 13.5. The van der Waals surface area contributed by atoms with Crippen LogP contribution >= 0.6 is 50.5 Å². The van der Waals surface area contributed by atoms with Gasteiger partial charge in [-0.05, 0) is 15.9 Å². The predicted octanol–water partition coefficient (Wildman–Crippen LogP) is 4.97. The number of aromatic nitrogens is 3. The molecule has 0 aliphatic heterocycles. The van der Waals surface area contributed by atoms with Crippen molar-refractivity contribution in [2.24, 2.45) is 0 Å². The van der Waals surface area contributed by atoms with Gasteiger partial charge >= 0.3 is 0 Å². The highest BCUT2D eigenvalue weighted by Gasteiger charge is 2.20. The van der Waals surface area contributed by atoms with Crippen molar-refractivity contribution < 1.29 is 0 Å². The van der Waals surface area contributed by atoms with Crippen molar-refractivity contribution in [2.75, 3.05) is 0 Å². The summed E-state index contributed by atoms with van der Waals surface area (Å²) in [4.78, 5) is 12.9. The van der Waals surface area contributed by atoms with Crippen molar-refractivity contribution in [3.05, 3.63) is 25.2 Å². The number of halogens is 3. The maximum absolute atomic E-state index is 5.96. The van der Waals surface area contributed by atoms with Crippen molar-refractivity contribution in [2.45, 2.75) is 26.2 Å². The molecule has 7 heteroatoms. The summed E-state index contributed by atoms with van der Waals surface area (Å²) in [7, 11) is 0. The quantitative estimate of drug-likeness (QED) is 0.669. The molecule has 0 bridgehead atoms. The lowest BCUT2D eigenvalue weighted by molar-refractivity contribution is 0.586. The minimum atomic E-state index is 0.00582. The second-order valence-electron chi connectivity index (χ2n) is 4.73. The normalized spacial score (nSPS) is 11.9. The first-order chi connectivity index (χ1) is 8.29.